The van der Waals surface area contributed by atoms with Crippen LogP contribution in [-0.4, -0.2) is 12.4 Å². The van der Waals surface area contributed by atoms with E-state index in [9.17, 15) is 26.3 Å². The summed E-state index contributed by atoms with van der Waals surface area (Å²) in [6.07, 6.45) is -7.57. The maximum Gasteiger partial charge on any atom is 0.401 e. The summed E-state index contributed by atoms with van der Waals surface area (Å²) in [4.78, 5) is 0. The highest BCUT2D eigenvalue weighted by atomic mass is 19.4. The number of allylic oxidation sites excluding steroid dienone is 4. The lowest BCUT2D eigenvalue weighted by Crippen LogP contribution is -2.47. The Morgan fingerprint density at radius 1 is 0.625 bits per heavy atom. The van der Waals surface area contributed by atoms with Gasteiger partial charge in [0.2, 0.25) is 0 Å². The average molecular weight is 242 g/mol. The van der Waals surface area contributed by atoms with Gasteiger partial charge in [-0.25, -0.2) is 0 Å². The average Bonchev–Trinajstić information content (AvgIpc) is 2.17. The predicted octanol–water partition coefficient (Wildman–Crippen LogP) is 4.00. The molecule has 0 spiro atoms. The summed E-state index contributed by atoms with van der Waals surface area (Å²) in [6, 6.07) is 0. The molecular weight excluding hydrogens is 234 g/mol. The van der Waals surface area contributed by atoms with Gasteiger partial charge in [0.15, 0.2) is 0 Å². The molecule has 90 valence electrons. The van der Waals surface area contributed by atoms with E-state index in [4.69, 9.17) is 0 Å². The Balaban J connectivity index is 2.40. The van der Waals surface area contributed by atoms with Crippen molar-refractivity contribution in [2.75, 3.05) is 0 Å². The summed E-state index contributed by atoms with van der Waals surface area (Å²) in [5, 5.41) is 0. The molecular formula is C10H8F6. The van der Waals surface area contributed by atoms with Crippen LogP contribution in [0.15, 0.2) is 24.3 Å². The Kier molecular flexibility index (Phi) is 2.05. The van der Waals surface area contributed by atoms with Crippen molar-refractivity contribution in [3.8, 4) is 0 Å². The number of alkyl halides is 6. The van der Waals surface area contributed by atoms with Crippen LogP contribution in [0.3, 0.4) is 0 Å². The Hall–Kier alpha value is -0.940. The molecule has 0 atom stereocenters. The van der Waals surface area contributed by atoms with Gasteiger partial charge in [-0.2, -0.15) is 26.3 Å². The molecule has 0 saturated carbocycles. The third kappa shape index (κ3) is 1.31. The van der Waals surface area contributed by atoms with Crippen LogP contribution in [0.2, 0.25) is 0 Å². The van der Waals surface area contributed by atoms with Crippen molar-refractivity contribution >= 4 is 0 Å². The topological polar surface area (TPSA) is 0 Å². The van der Waals surface area contributed by atoms with Gasteiger partial charge in [-0.15, -0.1) is 0 Å². The fourth-order valence-corrected chi connectivity index (χ4v) is 2.11. The van der Waals surface area contributed by atoms with Crippen molar-refractivity contribution < 1.29 is 26.3 Å². The quantitative estimate of drug-likeness (QED) is 0.445. The van der Waals surface area contributed by atoms with E-state index in [2.05, 4.69) is 0 Å². The fraction of sp³-hybridized carbons (Fsp3) is 0.600. The van der Waals surface area contributed by atoms with Crippen LogP contribution in [0.5, 0.6) is 0 Å². The van der Waals surface area contributed by atoms with E-state index < -0.39 is 36.0 Å². The molecule has 0 fully saturated rings. The molecule has 0 amide bonds. The molecule has 0 nitrogen and oxygen atoms in total. The van der Waals surface area contributed by atoms with E-state index in [0.29, 0.717) is 24.3 Å². The molecule has 0 heterocycles. The molecule has 2 bridgehead atoms. The van der Waals surface area contributed by atoms with Crippen LogP contribution in [0.25, 0.3) is 0 Å². The first-order chi connectivity index (χ1) is 7.12. The molecule has 3 rings (SSSR count). The summed E-state index contributed by atoms with van der Waals surface area (Å²) < 4.78 is 76.0. The SMILES string of the molecule is FC(F)(F)C12C=CC(C(F)(F)F)(C=C1)CC2. The second kappa shape index (κ2) is 2.84. The Labute approximate surface area is 87.6 Å². The molecule has 3 aliphatic carbocycles. The van der Waals surface area contributed by atoms with Crippen LogP contribution in [0.4, 0.5) is 26.3 Å². The molecule has 0 aliphatic heterocycles. The van der Waals surface area contributed by atoms with Crippen molar-refractivity contribution in [1.82, 2.24) is 0 Å². The van der Waals surface area contributed by atoms with Crippen LogP contribution < -0.4 is 0 Å². The zero-order chi connectivity index (χ0) is 12.2. The summed E-state index contributed by atoms with van der Waals surface area (Å²) in [7, 11) is 0. The molecule has 3 aliphatic rings. The standard InChI is InChI=1S/C10H8F6/c11-9(12,13)7-1-2-8(5-3-7,6-4-7)10(14,15)16/h1-3,5H,4,6H2. The van der Waals surface area contributed by atoms with Crippen LogP contribution in [0, 0.1) is 10.8 Å². The minimum Gasteiger partial charge on any atom is -0.170 e. The van der Waals surface area contributed by atoms with E-state index in [1.807, 2.05) is 0 Å². The largest absolute Gasteiger partial charge is 0.401 e. The third-order valence-electron chi connectivity index (χ3n) is 3.36. The lowest BCUT2D eigenvalue weighted by molar-refractivity contribution is -0.224. The first kappa shape index (κ1) is 11.5. The highest BCUT2D eigenvalue weighted by molar-refractivity contribution is 5.33. The van der Waals surface area contributed by atoms with Gasteiger partial charge >= 0.3 is 12.4 Å². The van der Waals surface area contributed by atoms with E-state index in [1.54, 1.807) is 0 Å². The maximum atomic E-state index is 12.7. The normalized spacial score (nSPS) is 38.1. The number of rotatable bonds is 0. The van der Waals surface area contributed by atoms with Crippen LogP contribution >= 0.6 is 0 Å². The van der Waals surface area contributed by atoms with E-state index >= 15 is 0 Å². The number of fused-ring (bicyclic) bond motifs is 1. The predicted molar refractivity (Wildman–Crippen MR) is 44.5 cm³/mol. The monoisotopic (exact) mass is 242 g/mol. The lowest BCUT2D eigenvalue weighted by Gasteiger charge is -2.45. The van der Waals surface area contributed by atoms with Gasteiger partial charge in [0, 0.05) is 0 Å². The van der Waals surface area contributed by atoms with Gasteiger partial charge in [-0.05, 0) is 12.8 Å². The van der Waals surface area contributed by atoms with Crippen molar-refractivity contribution in [3.05, 3.63) is 24.3 Å². The van der Waals surface area contributed by atoms with Crippen molar-refractivity contribution in [1.29, 1.82) is 0 Å². The van der Waals surface area contributed by atoms with Crippen LogP contribution in [-0.2, 0) is 0 Å². The molecule has 6 heteroatoms. The Bertz CT molecular complexity index is 308. The smallest absolute Gasteiger partial charge is 0.170 e. The van der Waals surface area contributed by atoms with Gasteiger partial charge in [-0.1, -0.05) is 24.3 Å². The summed E-state index contributed by atoms with van der Waals surface area (Å²) in [5.41, 5.74) is -4.39. The van der Waals surface area contributed by atoms with Crippen molar-refractivity contribution in [2.45, 2.75) is 25.2 Å². The second-order valence-electron chi connectivity index (χ2n) is 4.24. The molecule has 0 aromatic rings. The third-order valence-corrected chi connectivity index (χ3v) is 3.36. The molecule has 0 saturated heterocycles. The minimum absolute atomic E-state index is 0.539. The molecule has 16 heavy (non-hydrogen) atoms. The van der Waals surface area contributed by atoms with E-state index in [1.165, 1.54) is 0 Å². The first-order valence-corrected chi connectivity index (χ1v) is 4.66. The Morgan fingerprint density at radius 2 is 0.875 bits per heavy atom. The van der Waals surface area contributed by atoms with E-state index in [-0.39, 0.29) is 0 Å². The van der Waals surface area contributed by atoms with Gasteiger partial charge in [0.1, 0.15) is 10.8 Å². The summed E-state index contributed by atoms with van der Waals surface area (Å²) >= 11 is 0. The van der Waals surface area contributed by atoms with Gasteiger partial charge in [0.25, 0.3) is 0 Å². The highest BCUT2D eigenvalue weighted by Gasteiger charge is 2.62. The van der Waals surface area contributed by atoms with Gasteiger partial charge in [-0.3, -0.25) is 0 Å². The zero-order valence-corrected chi connectivity index (χ0v) is 7.99. The van der Waals surface area contributed by atoms with Gasteiger partial charge in [0.05, 0.1) is 0 Å². The first-order valence-electron chi connectivity index (χ1n) is 4.66. The fourth-order valence-electron chi connectivity index (χ4n) is 2.11. The molecule has 0 radical (unpaired) electrons. The van der Waals surface area contributed by atoms with E-state index in [0.717, 1.165) is 0 Å². The van der Waals surface area contributed by atoms with Crippen molar-refractivity contribution in [3.63, 3.8) is 0 Å². The molecule has 0 aromatic heterocycles. The maximum absolute atomic E-state index is 12.7. The number of halogens is 6. The molecule has 0 N–H and O–H groups in total. The lowest BCUT2D eigenvalue weighted by atomic mass is 9.62. The molecule has 0 unspecified atom stereocenters. The van der Waals surface area contributed by atoms with Gasteiger partial charge < -0.3 is 0 Å². The van der Waals surface area contributed by atoms with Crippen molar-refractivity contribution in [2.24, 2.45) is 10.8 Å². The number of hydrogen-bond acceptors (Lipinski definition) is 0. The van der Waals surface area contributed by atoms with Crippen LogP contribution in [0.1, 0.15) is 12.8 Å². The Morgan fingerprint density at radius 3 is 1.00 bits per heavy atom. The minimum atomic E-state index is -4.53. The zero-order valence-electron chi connectivity index (χ0n) is 7.99. The molecule has 0 aromatic carbocycles. The highest BCUT2D eigenvalue weighted by Crippen LogP contribution is 2.59. The summed E-state index contributed by atoms with van der Waals surface area (Å²) in [5.74, 6) is 0. The second-order valence-corrected chi connectivity index (χ2v) is 4.24. The summed E-state index contributed by atoms with van der Waals surface area (Å²) in [6.45, 7) is 0. The number of hydrogen-bond donors (Lipinski definition) is 0.